The summed E-state index contributed by atoms with van der Waals surface area (Å²) in [4.78, 5) is 4.11. The molecule has 0 unspecified atom stereocenters. The number of hydrogen-bond acceptors (Lipinski definition) is 4. The Morgan fingerprint density at radius 1 is 1.26 bits per heavy atom. The van der Waals surface area contributed by atoms with E-state index in [4.69, 9.17) is 15.7 Å². The standard InChI is InChI=1S/C14H15N3O2/c1-9-6-10(2)8-11(7-9)19-14-12(13(15)17-18)4-3-5-16-14/h3-8,18H,1-2H3,(H2,15,17). The normalized spacial score (nSPS) is 11.4. The van der Waals surface area contributed by atoms with Crippen molar-refractivity contribution in [3.05, 3.63) is 53.2 Å². The zero-order valence-electron chi connectivity index (χ0n) is 10.8. The lowest BCUT2D eigenvalue weighted by molar-refractivity contribution is 0.318. The summed E-state index contributed by atoms with van der Waals surface area (Å²) >= 11 is 0. The minimum atomic E-state index is -0.0347. The van der Waals surface area contributed by atoms with Crippen LogP contribution in [0.25, 0.3) is 0 Å². The van der Waals surface area contributed by atoms with Gasteiger partial charge in [-0.1, -0.05) is 11.2 Å². The lowest BCUT2D eigenvalue weighted by Gasteiger charge is -2.10. The molecule has 0 radical (unpaired) electrons. The van der Waals surface area contributed by atoms with Crippen LogP contribution in [0, 0.1) is 13.8 Å². The van der Waals surface area contributed by atoms with Gasteiger partial charge in [0.05, 0.1) is 5.56 Å². The summed E-state index contributed by atoms with van der Waals surface area (Å²) in [6, 6.07) is 9.23. The van der Waals surface area contributed by atoms with Crippen molar-refractivity contribution in [2.45, 2.75) is 13.8 Å². The van der Waals surface area contributed by atoms with Crippen molar-refractivity contribution < 1.29 is 9.94 Å². The van der Waals surface area contributed by atoms with Crippen LogP contribution in [0.5, 0.6) is 11.6 Å². The van der Waals surface area contributed by atoms with Crippen molar-refractivity contribution in [2.75, 3.05) is 0 Å². The van der Waals surface area contributed by atoms with Crippen molar-refractivity contribution in [1.82, 2.24) is 4.98 Å². The molecule has 0 saturated heterocycles. The first-order chi connectivity index (χ1) is 9.10. The van der Waals surface area contributed by atoms with E-state index in [9.17, 15) is 0 Å². The molecule has 0 bridgehead atoms. The number of pyridine rings is 1. The highest BCUT2D eigenvalue weighted by molar-refractivity contribution is 5.99. The fraction of sp³-hybridized carbons (Fsp3) is 0.143. The van der Waals surface area contributed by atoms with Crippen LogP contribution < -0.4 is 10.5 Å². The predicted molar refractivity (Wildman–Crippen MR) is 72.7 cm³/mol. The third-order valence-electron chi connectivity index (χ3n) is 2.56. The van der Waals surface area contributed by atoms with E-state index in [1.54, 1.807) is 18.3 Å². The summed E-state index contributed by atoms with van der Waals surface area (Å²) in [7, 11) is 0. The molecule has 1 aromatic carbocycles. The molecule has 0 amide bonds. The Balaban J connectivity index is 2.38. The molecule has 0 fully saturated rings. The molecule has 2 aromatic rings. The van der Waals surface area contributed by atoms with Crippen molar-refractivity contribution in [3.8, 4) is 11.6 Å². The van der Waals surface area contributed by atoms with Crippen LogP contribution in [0.4, 0.5) is 0 Å². The van der Waals surface area contributed by atoms with Gasteiger partial charge >= 0.3 is 0 Å². The molecule has 5 nitrogen and oxygen atoms in total. The van der Waals surface area contributed by atoms with Gasteiger partial charge in [0.25, 0.3) is 0 Å². The number of nitrogens with two attached hydrogens (primary N) is 1. The summed E-state index contributed by atoms with van der Waals surface area (Å²) in [6.07, 6.45) is 1.59. The van der Waals surface area contributed by atoms with Gasteiger partial charge in [-0.05, 0) is 49.2 Å². The molecular formula is C14H15N3O2. The maximum atomic E-state index is 8.75. The van der Waals surface area contributed by atoms with Gasteiger partial charge < -0.3 is 15.7 Å². The molecule has 1 aromatic heterocycles. The zero-order chi connectivity index (χ0) is 13.8. The van der Waals surface area contributed by atoms with Gasteiger partial charge in [0, 0.05) is 6.20 Å². The smallest absolute Gasteiger partial charge is 0.230 e. The van der Waals surface area contributed by atoms with Crippen molar-refractivity contribution in [3.63, 3.8) is 0 Å². The Bertz CT molecular complexity index is 604. The van der Waals surface area contributed by atoms with E-state index >= 15 is 0 Å². The summed E-state index contributed by atoms with van der Waals surface area (Å²) in [5.74, 6) is 0.943. The second-order valence-electron chi connectivity index (χ2n) is 4.27. The lowest BCUT2D eigenvalue weighted by atomic mass is 10.1. The Labute approximate surface area is 111 Å². The number of aromatic nitrogens is 1. The molecule has 0 aliphatic carbocycles. The number of amidine groups is 1. The molecule has 2 rings (SSSR count). The number of benzene rings is 1. The third-order valence-corrected chi connectivity index (χ3v) is 2.56. The number of oxime groups is 1. The third kappa shape index (κ3) is 3.01. The van der Waals surface area contributed by atoms with Crippen molar-refractivity contribution in [2.24, 2.45) is 10.9 Å². The second kappa shape index (κ2) is 5.39. The van der Waals surface area contributed by atoms with Crippen molar-refractivity contribution in [1.29, 1.82) is 0 Å². The molecule has 98 valence electrons. The maximum Gasteiger partial charge on any atom is 0.230 e. The zero-order valence-corrected chi connectivity index (χ0v) is 10.8. The Hall–Kier alpha value is -2.56. The molecule has 0 atom stereocenters. The van der Waals surface area contributed by atoms with Crippen LogP contribution in [-0.2, 0) is 0 Å². The first-order valence-corrected chi connectivity index (χ1v) is 5.79. The van der Waals surface area contributed by atoms with Gasteiger partial charge in [0.1, 0.15) is 5.75 Å². The van der Waals surface area contributed by atoms with E-state index in [1.807, 2.05) is 26.0 Å². The van der Waals surface area contributed by atoms with Gasteiger partial charge in [-0.3, -0.25) is 0 Å². The molecule has 19 heavy (non-hydrogen) atoms. The van der Waals surface area contributed by atoms with Crippen molar-refractivity contribution >= 4 is 5.84 Å². The molecular weight excluding hydrogens is 242 g/mol. The van der Waals surface area contributed by atoms with Crippen LogP contribution in [0.3, 0.4) is 0 Å². The minimum absolute atomic E-state index is 0.0347. The molecule has 3 N–H and O–H groups in total. The summed E-state index contributed by atoms with van der Waals surface area (Å²) in [6.45, 7) is 3.98. The highest BCUT2D eigenvalue weighted by Crippen LogP contribution is 2.24. The maximum absolute atomic E-state index is 8.75. The first-order valence-electron chi connectivity index (χ1n) is 5.79. The molecule has 5 heteroatoms. The average Bonchev–Trinajstić information content (AvgIpc) is 2.37. The van der Waals surface area contributed by atoms with Gasteiger partial charge in [-0.2, -0.15) is 0 Å². The van der Waals surface area contributed by atoms with Gasteiger partial charge in [-0.15, -0.1) is 0 Å². The van der Waals surface area contributed by atoms with Crippen LogP contribution in [0.2, 0.25) is 0 Å². The quantitative estimate of drug-likeness (QED) is 0.383. The Morgan fingerprint density at radius 2 is 1.95 bits per heavy atom. The van der Waals surface area contributed by atoms with E-state index in [1.165, 1.54) is 0 Å². The summed E-state index contributed by atoms with van der Waals surface area (Å²) in [5, 5.41) is 11.7. The Kier molecular flexibility index (Phi) is 3.66. The topological polar surface area (TPSA) is 80.7 Å². The Morgan fingerprint density at radius 3 is 2.58 bits per heavy atom. The number of aryl methyl sites for hydroxylation is 2. The van der Waals surface area contributed by atoms with Gasteiger partial charge in [0.2, 0.25) is 5.88 Å². The predicted octanol–water partition coefficient (Wildman–Crippen LogP) is 2.59. The fourth-order valence-corrected chi connectivity index (χ4v) is 1.82. The lowest BCUT2D eigenvalue weighted by Crippen LogP contribution is -2.14. The first kappa shape index (κ1) is 12.9. The molecule has 1 heterocycles. The second-order valence-corrected chi connectivity index (χ2v) is 4.27. The number of hydrogen-bond donors (Lipinski definition) is 2. The van der Waals surface area contributed by atoms with Crippen LogP contribution >= 0.6 is 0 Å². The number of ether oxygens (including phenoxy) is 1. The van der Waals surface area contributed by atoms with E-state index in [2.05, 4.69) is 16.2 Å². The summed E-state index contributed by atoms with van der Waals surface area (Å²) < 4.78 is 5.71. The minimum Gasteiger partial charge on any atom is -0.438 e. The highest BCUT2D eigenvalue weighted by atomic mass is 16.5. The number of nitrogens with zero attached hydrogens (tertiary/aromatic N) is 2. The van der Waals surface area contributed by atoms with E-state index in [-0.39, 0.29) is 5.84 Å². The highest BCUT2D eigenvalue weighted by Gasteiger charge is 2.10. The SMILES string of the molecule is Cc1cc(C)cc(Oc2ncccc2/C(N)=N/O)c1. The van der Waals surface area contributed by atoms with Gasteiger partial charge in [-0.25, -0.2) is 4.98 Å². The summed E-state index contributed by atoms with van der Waals surface area (Å²) in [5.41, 5.74) is 8.22. The average molecular weight is 257 g/mol. The molecule has 0 saturated carbocycles. The van der Waals surface area contributed by atoms with Gasteiger partial charge in [0.15, 0.2) is 5.84 Å². The van der Waals surface area contributed by atoms with Crippen LogP contribution in [0.15, 0.2) is 41.7 Å². The van der Waals surface area contributed by atoms with Crippen LogP contribution in [0.1, 0.15) is 16.7 Å². The monoisotopic (exact) mass is 257 g/mol. The fourth-order valence-electron chi connectivity index (χ4n) is 1.82. The number of rotatable bonds is 3. The van der Waals surface area contributed by atoms with E-state index in [0.29, 0.717) is 17.2 Å². The van der Waals surface area contributed by atoms with E-state index < -0.39 is 0 Å². The molecule has 0 spiro atoms. The molecule has 0 aliphatic rings. The van der Waals surface area contributed by atoms with Crippen LogP contribution in [-0.4, -0.2) is 16.0 Å². The molecule has 0 aliphatic heterocycles. The largest absolute Gasteiger partial charge is 0.438 e. The van der Waals surface area contributed by atoms with E-state index in [0.717, 1.165) is 11.1 Å².